The number of halogens is 2. The van der Waals surface area contributed by atoms with Crippen molar-refractivity contribution in [2.45, 2.75) is 11.9 Å². The lowest BCUT2D eigenvalue weighted by atomic mass is 9.90. The van der Waals surface area contributed by atoms with Gasteiger partial charge in [0, 0.05) is 23.7 Å². The van der Waals surface area contributed by atoms with Gasteiger partial charge in [0.25, 0.3) is 5.91 Å². The van der Waals surface area contributed by atoms with Crippen LogP contribution in [-0.4, -0.2) is 21.5 Å². The normalized spacial score (nSPS) is 23.4. The number of allylic oxidation sites excluding steroid dienone is 4. The maximum absolute atomic E-state index is 13.5. The summed E-state index contributed by atoms with van der Waals surface area (Å²) in [5.74, 6) is -0.883. The number of hydrogen-bond donors (Lipinski definition) is 3. The van der Waals surface area contributed by atoms with Gasteiger partial charge in [0.1, 0.15) is 17.3 Å². The molecule has 0 saturated carbocycles. The third-order valence-electron chi connectivity index (χ3n) is 4.77. The van der Waals surface area contributed by atoms with Crippen LogP contribution in [0, 0.1) is 5.82 Å². The van der Waals surface area contributed by atoms with Gasteiger partial charge in [-0.2, -0.15) is 5.10 Å². The van der Waals surface area contributed by atoms with Gasteiger partial charge >= 0.3 is 0 Å². The molecule has 4 rings (SSSR count). The van der Waals surface area contributed by atoms with E-state index in [2.05, 4.69) is 15.4 Å². The van der Waals surface area contributed by atoms with E-state index in [4.69, 9.17) is 23.1 Å². The fourth-order valence-corrected chi connectivity index (χ4v) is 3.65. The second-order valence-corrected chi connectivity index (χ2v) is 7.41. The number of nitrogens with two attached hydrogens (primary N) is 2. The molecule has 2 aromatic rings. The zero-order valence-corrected chi connectivity index (χ0v) is 16.7. The maximum Gasteiger partial charge on any atom is 0.251 e. The van der Waals surface area contributed by atoms with Gasteiger partial charge in [-0.3, -0.25) is 4.79 Å². The van der Waals surface area contributed by atoms with Crippen LogP contribution in [-0.2, 0) is 5.00 Å². The van der Waals surface area contributed by atoms with Gasteiger partial charge in [0.15, 0.2) is 5.00 Å². The molecule has 0 saturated heterocycles. The van der Waals surface area contributed by atoms with Crippen LogP contribution >= 0.6 is 11.6 Å². The molecule has 1 unspecified atom stereocenters. The number of alkyl halides is 1. The zero-order valence-electron chi connectivity index (χ0n) is 15.9. The Morgan fingerprint density at radius 1 is 1.27 bits per heavy atom. The molecule has 1 atom stereocenters. The Hall–Kier alpha value is -3.65. The Kier molecular flexibility index (Phi) is 4.79. The molecule has 2 aliphatic rings. The quantitative estimate of drug-likeness (QED) is 0.519. The molecule has 1 aromatic carbocycles. The summed E-state index contributed by atoms with van der Waals surface area (Å²) in [6.07, 6.45) is 10.1. The molecule has 0 spiro atoms. The molecule has 9 heteroatoms. The molecule has 2 aliphatic heterocycles. The van der Waals surface area contributed by atoms with Crippen molar-refractivity contribution in [2.75, 3.05) is 0 Å². The highest BCUT2D eigenvalue weighted by atomic mass is 35.5. The Labute approximate surface area is 176 Å². The SMILES string of the molecule is CC1=CC(=C2C=C(n3cc(C(N)=O)cn3)C(N)=NC2(Cl)c2ccc(F)cc2)C=CN1. The molecule has 30 heavy (non-hydrogen) atoms. The number of aliphatic imine (C=N–C) groups is 1. The first-order valence-corrected chi connectivity index (χ1v) is 9.39. The zero-order chi connectivity index (χ0) is 21.5. The second-order valence-electron chi connectivity index (χ2n) is 6.87. The highest BCUT2D eigenvalue weighted by molar-refractivity contribution is 6.30. The Morgan fingerprint density at radius 2 is 2.00 bits per heavy atom. The van der Waals surface area contributed by atoms with E-state index in [9.17, 15) is 9.18 Å². The molecule has 1 amide bonds. The van der Waals surface area contributed by atoms with Crippen LogP contribution < -0.4 is 16.8 Å². The first kappa shape index (κ1) is 19.7. The van der Waals surface area contributed by atoms with Crippen LogP contribution in [0.25, 0.3) is 5.70 Å². The second kappa shape index (κ2) is 7.31. The van der Waals surface area contributed by atoms with Gasteiger partial charge in [-0.1, -0.05) is 23.7 Å². The summed E-state index contributed by atoms with van der Waals surface area (Å²) >= 11 is 7.02. The smallest absolute Gasteiger partial charge is 0.251 e. The van der Waals surface area contributed by atoms with Crippen LogP contribution in [0.3, 0.4) is 0 Å². The Morgan fingerprint density at radius 3 is 2.63 bits per heavy atom. The van der Waals surface area contributed by atoms with E-state index >= 15 is 0 Å². The first-order chi connectivity index (χ1) is 14.3. The van der Waals surface area contributed by atoms with Crippen LogP contribution in [0.2, 0.25) is 0 Å². The summed E-state index contributed by atoms with van der Waals surface area (Å²) in [4.78, 5) is 14.6. The van der Waals surface area contributed by atoms with E-state index in [-0.39, 0.29) is 17.2 Å². The number of nitrogens with zero attached hydrogens (tertiary/aromatic N) is 3. The predicted octanol–water partition coefficient (Wildman–Crippen LogP) is 2.74. The van der Waals surface area contributed by atoms with E-state index in [1.807, 2.05) is 19.1 Å². The van der Waals surface area contributed by atoms with Gasteiger partial charge in [-0.25, -0.2) is 14.1 Å². The van der Waals surface area contributed by atoms with E-state index in [1.54, 1.807) is 24.4 Å². The molecule has 5 N–H and O–H groups in total. The number of hydrogen-bond acceptors (Lipinski definition) is 5. The van der Waals surface area contributed by atoms with Gasteiger partial charge in [0.05, 0.1) is 11.8 Å². The van der Waals surface area contributed by atoms with Crippen LogP contribution in [0.5, 0.6) is 0 Å². The maximum atomic E-state index is 13.5. The van der Waals surface area contributed by atoms with Crippen molar-refractivity contribution in [2.24, 2.45) is 16.5 Å². The van der Waals surface area contributed by atoms with Crippen molar-refractivity contribution >= 4 is 29.0 Å². The Bertz CT molecular complexity index is 1190. The summed E-state index contributed by atoms with van der Waals surface area (Å²) < 4.78 is 14.9. The number of aromatic nitrogens is 2. The molecule has 0 fully saturated rings. The number of carbonyl (C=O) groups is 1. The lowest BCUT2D eigenvalue weighted by Gasteiger charge is -2.31. The summed E-state index contributed by atoms with van der Waals surface area (Å²) in [6.45, 7) is 1.91. The van der Waals surface area contributed by atoms with Crippen molar-refractivity contribution < 1.29 is 9.18 Å². The first-order valence-electron chi connectivity index (χ1n) is 9.01. The predicted molar refractivity (Wildman–Crippen MR) is 114 cm³/mol. The summed E-state index contributed by atoms with van der Waals surface area (Å²) in [5.41, 5.74) is 15.1. The molecule has 0 aliphatic carbocycles. The number of dihydropyridines is 2. The number of primary amides is 1. The number of amides is 1. The molecular weight excluding hydrogens is 407 g/mol. The largest absolute Gasteiger partial charge is 0.382 e. The average Bonchev–Trinajstić information content (AvgIpc) is 3.19. The van der Waals surface area contributed by atoms with E-state index in [0.29, 0.717) is 16.8 Å². The van der Waals surface area contributed by atoms with Gasteiger partial charge in [-0.15, -0.1) is 0 Å². The van der Waals surface area contributed by atoms with Gasteiger partial charge < -0.3 is 16.8 Å². The monoisotopic (exact) mass is 424 g/mol. The van der Waals surface area contributed by atoms with Crippen LogP contribution in [0.1, 0.15) is 22.8 Å². The number of carbonyl (C=O) groups excluding carboxylic acids is 1. The van der Waals surface area contributed by atoms with Crippen LogP contribution in [0.4, 0.5) is 4.39 Å². The molecule has 152 valence electrons. The standard InChI is InChI=1S/C21H18ClFN6O/c1-12-8-13(6-7-26-12)17-9-18(29-11-14(10-27-29)20(25)30)19(24)28-21(17,22)15-2-4-16(23)5-3-15/h2-11,26H,1H3,(H2,24,28)(H2,25,30). The van der Waals surface area contributed by atoms with Gasteiger partial charge in [-0.05, 0) is 48.4 Å². The lowest BCUT2D eigenvalue weighted by molar-refractivity contribution is 0.100. The molecule has 1 aromatic heterocycles. The van der Waals surface area contributed by atoms with Crippen molar-refractivity contribution in [3.8, 4) is 0 Å². The number of benzene rings is 1. The van der Waals surface area contributed by atoms with Crippen molar-refractivity contribution in [3.05, 3.63) is 94.9 Å². The van der Waals surface area contributed by atoms with Crippen molar-refractivity contribution in [3.63, 3.8) is 0 Å². The van der Waals surface area contributed by atoms with Crippen molar-refractivity contribution in [1.82, 2.24) is 15.1 Å². The molecule has 7 nitrogen and oxygen atoms in total. The summed E-state index contributed by atoms with van der Waals surface area (Å²) in [5, 5.41) is 7.26. The fraction of sp³-hybridized carbons (Fsp3) is 0.0952. The average molecular weight is 425 g/mol. The summed E-state index contributed by atoms with van der Waals surface area (Å²) in [6, 6.07) is 5.77. The number of nitrogens with one attached hydrogen (secondary N) is 1. The molecule has 0 bridgehead atoms. The van der Waals surface area contributed by atoms with E-state index < -0.39 is 10.9 Å². The number of rotatable bonds is 3. The fourth-order valence-electron chi connectivity index (χ4n) is 3.27. The molecule has 3 heterocycles. The minimum atomic E-state index is -1.38. The third kappa shape index (κ3) is 3.42. The van der Waals surface area contributed by atoms with Crippen molar-refractivity contribution in [1.29, 1.82) is 0 Å². The minimum Gasteiger partial charge on any atom is -0.382 e. The Balaban J connectivity index is 1.93. The highest BCUT2D eigenvalue weighted by Crippen LogP contribution is 2.45. The number of amidine groups is 1. The van der Waals surface area contributed by atoms with E-state index in [0.717, 1.165) is 11.3 Å². The molecule has 0 radical (unpaired) electrons. The lowest BCUT2D eigenvalue weighted by Crippen LogP contribution is -2.32. The van der Waals surface area contributed by atoms with Crippen LogP contribution in [0.15, 0.2) is 82.9 Å². The van der Waals surface area contributed by atoms with E-state index in [1.165, 1.54) is 29.2 Å². The molecular formula is C21H18ClFN6O. The van der Waals surface area contributed by atoms with Gasteiger partial charge in [0.2, 0.25) is 0 Å². The topological polar surface area (TPSA) is 111 Å². The highest BCUT2D eigenvalue weighted by Gasteiger charge is 2.38. The summed E-state index contributed by atoms with van der Waals surface area (Å²) in [7, 11) is 0. The minimum absolute atomic E-state index is 0.108. The third-order valence-corrected chi connectivity index (χ3v) is 5.28.